The van der Waals surface area contributed by atoms with Crippen molar-refractivity contribution in [3.05, 3.63) is 29.8 Å². The lowest BCUT2D eigenvalue weighted by Crippen LogP contribution is -2.45. The Morgan fingerprint density at radius 1 is 1.37 bits per heavy atom. The number of hydrogen-bond acceptors (Lipinski definition) is 5. The van der Waals surface area contributed by atoms with Gasteiger partial charge in [-0.05, 0) is 38.5 Å². The molecule has 2 saturated heterocycles. The quantitative estimate of drug-likeness (QED) is 0.766. The van der Waals surface area contributed by atoms with E-state index in [1.54, 1.807) is 19.9 Å². The third kappa shape index (κ3) is 3.71. The first-order valence-electron chi connectivity index (χ1n) is 8.88. The monoisotopic (exact) mass is 396 g/mol. The molecule has 0 aliphatic carbocycles. The van der Waals surface area contributed by atoms with Crippen molar-refractivity contribution in [1.29, 1.82) is 0 Å². The third-order valence-corrected chi connectivity index (χ3v) is 6.86. The van der Waals surface area contributed by atoms with E-state index in [4.69, 9.17) is 4.74 Å². The van der Waals surface area contributed by atoms with E-state index >= 15 is 0 Å². The van der Waals surface area contributed by atoms with Gasteiger partial charge in [0, 0.05) is 37.2 Å². The Bertz CT molecular complexity index is 853. The first-order valence-corrected chi connectivity index (χ1v) is 10.4. The Hall–Kier alpha value is -1.97. The Morgan fingerprint density at radius 2 is 2.11 bits per heavy atom. The van der Waals surface area contributed by atoms with Crippen LogP contribution in [0.2, 0.25) is 0 Å². The first-order chi connectivity index (χ1) is 12.7. The Morgan fingerprint density at radius 3 is 2.74 bits per heavy atom. The molecule has 1 aromatic rings. The summed E-state index contributed by atoms with van der Waals surface area (Å²) >= 11 is 0. The summed E-state index contributed by atoms with van der Waals surface area (Å²) in [7, 11) is -3.72. The zero-order chi connectivity index (χ0) is 19.8. The van der Waals surface area contributed by atoms with Crippen LogP contribution < -0.4 is 4.72 Å². The van der Waals surface area contributed by atoms with Crippen LogP contribution in [0.1, 0.15) is 30.6 Å². The molecule has 2 N–H and O–H groups in total. The summed E-state index contributed by atoms with van der Waals surface area (Å²) in [5.74, 6) is -1.54. The average molecular weight is 396 g/mol. The predicted octanol–water partition coefficient (Wildman–Crippen LogP) is 0.937. The zero-order valence-electron chi connectivity index (χ0n) is 15.3. The lowest BCUT2D eigenvalue weighted by atomic mass is 9.74. The van der Waals surface area contributed by atoms with Gasteiger partial charge in [0.05, 0.1) is 16.9 Å². The van der Waals surface area contributed by atoms with Gasteiger partial charge >= 0.3 is 5.97 Å². The molecule has 27 heavy (non-hydrogen) atoms. The van der Waals surface area contributed by atoms with Crippen LogP contribution in [0.4, 0.5) is 0 Å². The normalized spacial score (nSPS) is 25.4. The number of amides is 1. The van der Waals surface area contributed by atoms with Crippen molar-refractivity contribution in [1.82, 2.24) is 9.62 Å². The topological polar surface area (TPSA) is 113 Å². The largest absolute Gasteiger partial charge is 0.481 e. The van der Waals surface area contributed by atoms with Crippen LogP contribution in [0.5, 0.6) is 0 Å². The van der Waals surface area contributed by atoms with Crippen LogP contribution >= 0.6 is 0 Å². The third-order valence-electron chi connectivity index (χ3n) is 5.20. The fraction of sp³-hybridized carbons (Fsp3) is 0.556. The summed E-state index contributed by atoms with van der Waals surface area (Å²) in [4.78, 5) is 26.3. The summed E-state index contributed by atoms with van der Waals surface area (Å²) in [5.41, 5.74) is -0.765. The number of nitrogens with one attached hydrogen (secondary N) is 1. The SMILES string of the molecule is CC(C)NS(=O)(=O)c1cccc(C(=O)N2C[C@H]3COCC[C@@]3(C(=O)O)C2)c1. The smallest absolute Gasteiger partial charge is 0.311 e. The zero-order valence-corrected chi connectivity index (χ0v) is 16.2. The molecular weight excluding hydrogens is 372 g/mol. The molecule has 0 radical (unpaired) electrons. The van der Waals surface area contributed by atoms with Gasteiger partial charge in [-0.15, -0.1) is 0 Å². The number of benzene rings is 1. The summed E-state index contributed by atoms with van der Waals surface area (Å²) in [6.45, 7) is 4.49. The van der Waals surface area contributed by atoms with Crippen LogP contribution in [0.3, 0.4) is 0 Å². The number of nitrogens with zero attached hydrogens (tertiary/aromatic N) is 1. The molecule has 148 valence electrons. The fourth-order valence-electron chi connectivity index (χ4n) is 3.81. The molecule has 9 heteroatoms. The number of rotatable bonds is 5. The molecule has 2 fully saturated rings. The first kappa shape index (κ1) is 19.8. The van der Waals surface area contributed by atoms with Gasteiger partial charge in [0.25, 0.3) is 5.91 Å². The van der Waals surface area contributed by atoms with Crippen LogP contribution in [0, 0.1) is 11.3 Å². The number of hydrogen-bond donors (Lipinski definition) is 2. The molecule has 2 atom stereocenters. The Balaban J connectivity index is 1.85. The molecule has 8 nitrogen and oxygen atoms in total. The molecule has 0 aromatic heterocycles. The summed E-state index contributed by atoms with van der Waals surface area (Å²) in [6, 6.07) is 5.55. The van der Waals surface area contributed by atoms with E-state index in [0.717, 1.165) is 0 Å². The van der Waals surface area contributed by atoms with Crippen LogP contribution in [-0.2, 0) is 19.6 Å². The van der Waals surface area contributed by atoms with E-state index in [1.165, 1.54) is 23.1 Å². The van der Waals surface area contributed by atoms with Crippen LogP contribution in [-0.4, -0.2) is 62.6 Å². The van der Waals surface area contributed by atoms with Crippen molar-refractivity contribution in [3.63, 3.8) is 0 Å². The maximum Gasteiger partial charge on any atom is 0.311 e. The predicted molar refractivity (Wildman–Crippen MR) is 96.8 cm³/mol. The molecule has 1 aromatic carbocycles. The van der Waals surface area contributed by atoms with Crippen molar-refractivity contribution < 1.29 is 27.9 Å². The number of likely N-dealkylation sites (tertiary alicyclic amines) is 1. The van der Waals surface area contributed by atoms with Gasteiger partial charge in [-0.1, -0.05) is 6.07 Å². The maximum absolute atomic E-state index is 12.9. The highest BCUT2D eigenvalue weighted by molar-refractivity contribution is 7.89. The minimum Gasteiger partial charge on any atom is -0.481 e. The molecule has 3 rings (SSSR count). The average Bonchev–Trinajstić information content (AvgIpc) is 3.01. The molecule has 0 unspecified atom stereocenters. The molecule has 2 aliphatic heterocycles. The van der Waals surface area contributed by atoms with Crippen molar-refractivity contribution in [2.24, 2.45) is 11.3 Å². The summed E-state index contributed by atoms with van der Waals surface area (Å²) < 4.78 is 32.6. The van der Waals surface area contributed by atoms with E-state index in [1.807, 2.05) is 0 Å². The number of carboxylic acids is 1. The highest BCUT2D eigenvalue weighted by Gasteiger charge is 2.54. The molecule has 0 saturated carbocycles. The number of ether oxygens (including phenoxy) is 1. The van der Waals surface area contributed by atoms with Crippen molar-refractivity contribution in [3.8, 4) is 0 Å². The molecule has 1 amide bonds. The van der Waals surface area contributed by atoms with Crippen LogP contribution in [0.25, 0.3) is 0 Å². The molecule has 0 bridgehead atoms. The van der Waals surface area contributed by atoms with Gasteiger partial charge in [-0.25, -0.2) is 13.1 Å². The molecule has 0 spiro atoms. The summed E-state index contributed by atoms with van der Waals surface area (Å²) in [6.07, 6.45) is 0.365. The minimum absolute atomic E-state index is 0.00921. The van der Waals surface area contributed by atoms with Gasteiger partial charge in [0.15, 0.2) is 0 Å². The van der Waals surface area contributed by atoms with Gasteiger partial charge in [0.1, 0.15) is 0 Å². The Kier molecular flexibility index (Phi) is 5.29. The van der Waals surface area contributed by atoms with Gasteiger partial charge in [-0.2, -0.15) is 0 Å². The van der Waals surface area contributed by atoms with Crippen molar-refractivity contribution in [2.45, 2.75) is 31.2 Å². The van der Waals surface area contributed by atoms with Gasteiger partial charge in [0.2, 0.25) is 10.0 Å². The Labute approximate surface area is 158 Å². The van der Waals surface area contributed by atoms with E-state index in [2.05, 4.69) is 4.72 Å². The second-order valence-corrected chi connectivity index (χ2v) is 9.19. The minimum atomic E-state index is -3.72. The highest BCUT2D eigenvalue weighted by atomic mass is 32.2. The fourth-order valence-corrected chi connectivity index (χ4v) is 5.11. The molecule has 2 aliphatic rings. The van der Waals surface area contributed by atoms with Gasteiger partial charge < -0.3 is 14.7 Å². The highest BCUT2D eigenvalue weighted by Crippen LogP contribution is 2.42. The van der Waals surface area contributed by atoms with E-state index in [9.17, 15) is 23.1 Å². The van der Waals surface area contributed by atoms with E-state index in [-0.39, 0.29) is 41.4 Å². The number of fused-ring (bicyclic) bond motifs is 1. The van der Waals surface area contributed by atoms with E-state index < -0.39 is 21.4 Å². The van der Waals surface area contributed by atoms with E-state index in [0.29, 0.717) is 19.6 Å². The maximum atomic E-state index is 12.9. The number of aliphatic carboxylic acids is 1. The van der Waals surface area contributed by atoms with Crippen molar-refractivity contribution >= 4 is 21.9 Å². The van der Waals surface area contributed by atoms with Crippen molar-refractivity contribution in [2.75, 3.05) is 26.3 Å². The number of sulfonamides is 1. The van der Waals surface area contributed by atoms with Crippen LogP contribution in [0.15, 0.2) is 29.2 Å². The second-order valence-electron chi connectivity index (χ2n) is 7.47. The second kappa shape index (κ2) is 7.21. The lowest BCUT2D eigenvalue weighted by molar-refractivity contribution is -0.157. The molecule has 2 heterocycles. The summed E-state index contributed by atoms with van der Waals surface area (Å²) in [5, 5.41) is 9.72. The van der Waals surface area contributed by atoms with Gasteiger partial charge in [-0.3, -0.25) is 9.59 Å². The number of carboxylic acid groups (broad SMARTS) is 1. The molecular formula is C18H24N2O6S. The number of carbonyl (C=O) groups is 2. The lowest BCUT2D eigenvalue weighted by Gasteiger charge is -2.33. The number of carbonyl (C=O) groups excluding carboxylic acids is 1. The standard InChI is InChI=1S/C18H24N2O6S/c1-12(2)19-27(24,25)15-5-3-4-13(8-15)16(21)20-9-14-10-26-7-6-18(14,11-20)17(22)23/h3-5,8,12,14,19H,6-7,9-11H2,1-2H3,(H,22,23)/t14-,18+/m0/s1.